The number of benzene rings is 2. The maximum Gasteiger partial charge on any atom is 0.310 e. The van der Waals surface area contributed by atoms with Crippen LogP contribution in [-0.4, -0.2) is 39.3 Å². The number of anilines is 1. The van der Waals surface area contributed by atoms with Gasteiger partial charge in [0.15, 0.2) is 17.2 Å². The third-order valence-electron chi connectivity index (χ3n) is 4.15. The fourth-order valence-corrected chi connectivity index (χ4v) is 3.00. The SMILES string of the molecule is CCCOc1cc(COc2c(Cl)cc(CNc3nn[nH]n3)cc2OC)ccc1[N+](=O)[O-]. The number of nitro groups is 1. The minimum Gasteiger partial charge on any atom is -0.493 e. The first-order valence-electron chi connectivity index (χ1n) is 9.38. The summed E-state index contributed by atoms with van der Waals surface area (Å²) >= 11 is 6.41. The molecule has 0 saturated heterocycles. The first-order valence-corrected chi connectivity index (χ1v) is 9.76. The number of hydrogen-bond acceptors (Lipinski definition) is 9. The fraction of sp³-hybridized carbons (Fsp3) is 0.316. The quantitative estimate of drug-likeness (QED) is 0.331. The van der Waals surface area contributed by atoms with Crippen molar-refractivity contribution in [3.05, 3.63) is 56.6 Å². The molecule has 0 fully saturated rings. The number of aromatic amines is 1. The minimum atomic E-state index is -0.475. The van der Waals surface area contributed by atoms with Gasteiger partial charge in [0, 0.05) is 12.6 Å². The van der Waals surface area contributed by atoms with E-state index in [1.807, 2.05) is 6.92 Å². The third kappa shape index (κ3) is 5.72. The molecule has 2 aromatic carbocycles. The molecule has 0 amide bonds. The number of nitrogens with one attached hydrogen (secondary N) is 2. The highest BCUT2D eigenvalue weighted by molar-refractivity contribution is 6.32. The summed E-state index contributed by atoms with van der Waals surface area (Å²) in [6.45, 7) is 2.83. The summed E-state index contributed by atoms with van der Waals surface area (Å²) in [5, 5.41) is 28.0. The van der Waals surface area contributed by atoms with Crippen LogP contribution in [0.2, 0.25) is 5.02 Å². The maximum absolute atomic E-state index is 11.2. The van der Waals surface area contributed by atoms with E-state index < -0.39 is 4.92 Å². The van der Waals surface area contributed by atoms with E-state index in [1.54, 1.807) is 24.3 Å². The lowest BCUT2D eigenvalue weighted by Crippen LogP contribution is -2.04. The lowest BCUT2D eigenvalue weighted by Gasteiger charge is -2.15. The van der Waals surface area contributed by atoms with Gasteiger partial charge in [-0.3, -0.25) is 10.1 Å². The van der Waals surface area contributed by atoms with E-state index in [0.717, 1.165) is 12.0 Å². The van der Waals surface area contributed by atoms with Crippen LogP contribution < -0.4 is 19.5 Å². The molecule has 0 atom stereocenters. The zero-order valence-electron chi connectivity index (χ0n) is 16.9. The van der Waals surface area contributed by atoms with Gasteiger partial charge < -0.3 is 19.5 Å². The summed E-state index contributed by atoms with van der Waals surface area (Å²) < 4.78 is 16.8. The summed E-state index contributed by atoms with van der Waals surface area (Å²) in [4.78, 5) is 10.7. The molecule has 12 heteroatoms. The highest BCUT2D eigenvalue weighted by Crippen LogP contribution is 2.37. The molecule has 0 spiro atoms. The highest BCUT2D eigenvalue weighted by atomic mass is 35.5. The second-order valence-electron chi connectivity index (χ2n) is 6.39. The van der Waals surface area contributed by atoms with Gasteiger partial charge >= 0.3 is 5.69 Å². The zero-order chi connectivity index (χ0) is 22.2. The monoisotopic (exact) mass is 448 g/mol. The minimum absolute atomic E-state index is 0.0914. The number of ether oxygens (including phenoxy) is 3. The predicted octanol–water partition coefficient (Wildman–Crippen LogP) is 3.75. The summed E-state index contributed by atoms with van der Waals surface area (Å²) in [6, 6.07) is 8.12. The molecule has 164 valence electrons. The van der Waals surface area contributed by atoms with Gasteiger partial charge in [-0.05, 0) is 47.0 Å². The third-order valence-corrected chi connectivity index (χ3v) is 4.43. The first-order chi connectivity index (χ1) is 15.0. The number of methoxy groups -OCH3 is 1. The lowest BCUT2D eigenvalue weighted by molar-refractivity contribution is -0.385. The molecule has 0 aliphatic rings. The molecule has 0 radical (unpaired) electrons. The van der Waals surface area contributed by atoms with E-state index in [1.165, 1.54) is 13.2 Å². The van der Waals surface area contributed by atoms with Crippen LogP contribution >= 0.6 is 11.6 Å². The molecule has 1 aromatic heterocycles. The Morgan fingerprint density at radius 1 is 1.19 bits per heavy atom. The van der Waals surface area contributed by atoms with E-state index in [2.05, 4.69) is 25.9 Å². The Kier molecular flexibility index (Phi) is 7.44. The molecule has 1 heterocycles. The number of halogens is 1. The average Bonchev–Trinajstić information content (AvgIpc) is 3.28. The van der Waals surface area contributed by atoms with Crippen molar-refractivity contribution in [3.63, 3.8) is 0 Å². The predicted molar refractivity (Wildman–Crippen MR) is 113 cm³/mol. The van der Waals surface area contributed by atoms with Crippen LogP contribution in [0.5, 0.6) is 17.2 Å². The molecule has 3 rings (SSSR count). The summed E-state index contributed by atoms with van der Waals surface area (Å²) in [5.74, 6) is 1.37. The molecule has 3 aromatic rings. The Labute approximate surface area is 182 Å². The number of H-pyrrole nitrogens is 1. The van der Waals surface area contributed by atoms with Gasteiger partial charge in [0.2, 0.25) is 0 Å². The van der Waals surface area contributed by atoms with E-state index in [0.29, 0.717) is 41.2 Å². The number of nitro benzene ring substituents is 1. The molecule has 11 nitrogen and oxygen atoms in total. The van der Waals surface area contributed by atoms with Gasteiger partial charge in [0.05, 0.1) is 23.7 Å². The van der Waals surface area contributed by atoms with Crippen LogP contribution in [0.4, 0.5) is 11.6 Å². The van der Waals surface area contributed by atoms with Gasteiger partial charge in [-0.1, -0.05) is 23.6 Å². The molecule has 0 saturated carbocycles. The summed E-state index contributed by atoms with van der Waals surface area (Å²) in [6.07, 6.45) is 0.735. The van der Waals surface area contributed by atoms with E-state index in [9.17, 15) is 10.1 Å². The van der Waals surface area contributed by atoms with Gasteiger partial charge in [0.1, 0.15) is 6.61 Å². The Morgan fingerprint density at radius 2 is 2.00 bits per heavy atom. The molecule has 0 aliphatic carbocycles. The van der Waals surface area contributed by atoms with Crippen LogP contribution in [0.15, 0.2) is 30.3 Å². The van der Waals surface area contributed by atoms with Crippen molar-refractivity contribution in [1.82, 2.24) is 20.6 Å². The standard InChI is InChI=1S/C19H21ClN6O5/c1-3-6-30-16-8-12(4-5-15(16)26(27)28)11-31-18-14(20)7-13(9-17(18)29-2)10-21-19-22-24-25-23-19/h4-5,7-9H,3,6,10-11H2,1-2H3,(H2,21,22,23,24,25). The molecule has 31 heavy (non-hydrogen) atoms. The van der Waals surface area contributed by atoms with Crippen LogP contribution in [0.1, 0.15) is 24.5 Å². The normalized spacial score (nSPS) is 10.5. The molecule has 0 bridgehead atoms. The Bertz CT molecular complexity index is 1030. The maximum atomic E-state index is 11.2. The van der Waals surface area contributed by atoms with E-state index in [4.69, 9.17) is 25.8 Å². The lowest BCUT2D eigenvalue weighted by atomic mass is 10.2. The number of aromatic nitrogens is 4. The Morgan fingerprint density at radius 3 is 2.68 bits per heavy atom. The van der Waals surface area contributed by atoms with Crippen molar-refractivity contribution in [2.24, 2.45) is 0 Å². The van der Waals surface area contributed by atoms with Gasteiger partial charge in [0.25, 0.3) is 5.95 Å². The summed E-state index contributed by atoms with van der Waals surface area (Å²) in [5.41, 5.74) is 1.42. The van der Waals surface area contributed by atoms with Gasteiger partial charge in [-0.15, -0.1) is 5.10 Å². The Balaban J connectivity index is 1.73. The highest BCUT2D eigenvalue weighted by Gasteiger charge is 2.17. The molecule has 0 aliphatic heterocycles. The summed E-state index contributed by atoms with van der Waals surface area (Å²) in [7, 11) is 1.51. The van der Waals surface area contributed by atoms with E-state index in [-0.39, 0.29) is 18.0 Å². The largest absolute Gasteiger partial charge is 0.493 e. The van der Waals surface area contributed by atoms with Crippen LogP contribution in [-0.2, 0) is 13.2 Å². The second-order valence-corrected chi connectivity index (χ2v) is 6.80. The van der Waals surface area contributed by atoms with Crippen molar-refractivity contribution in [2.75, 3.05) is 19.0 Å². The van der Waals surface area contributed by atoms with Gasteiger partial charge in [-0.25, -0.2) is 0 Å². The molecule has 2 N–H and O–H groups in total. The van der Waals surface area contributed by atoms with Crippen LogP contribution in [0, 0.1) is 10.1 Å². The number of nitrogens with zero attached hydrogens (tertiary/aromatic N) is 4. The fourth-order valence-electron chi connectivity index (χ4n) is 2.72. The van der Waals surface area contributed by atoms with Crippen LogP contribution in [0.25, 0.3) is 0 Å². The van der Waals surface area contributed by atoms with Crippen molar-refractivity contribution in [3.8, 4) is 17.2 Å². The smallest absolute Gasteiger partial charge is 0.310 e. The second kappa shape index (κ2) is 10.4. The number of tetrazole rings is 1. The zero-order valence-corrected chi connectivity index (χ0v) is 17.7. The molecular weight excluding hydrogens is 428 g/mol. The average molecular weight is 449 g/mol. The Hall–Kier alpha value is -3.60. The van der Waals surface area contributed by atoms with E-state index >= 15 is 0 Å². The van der Waals surface area contributed by atoms with Crippen LogP contribution in [0.3, 0.4) is 0 Å². The molecule has 0 unspecified atom stereocenters. The number of hydrogen-bond donors (Lipinski definition) is 2. The van der Waals surface area contributed by atoms with Crippen molar-refractivity contribution in [1.29, 1.82) is 0 Å². The van der Waals surface area contributed by atoms with Crippen molar-refractivity contribution >= 4 is 23.2 Å². The number of rotatable bonds is 11. The topological polar surface area (TPSA) is 137 Å². The first kappa shape index (κ1) is 22.1. The van der Waals surface area contributed by atoms with Crippen molar-refractivity contribution in [2.45, 2.75) is 26.5 Å². The van der Waals surface area contributed by atoms with Gasteiger partial charge in [-0.2, -0.15) is 5.21 Å². The van der Waals surface area contributed by atoms with Crippen molar-refractivity contribution < 1.29 is 19.1 Å². The molecular formula is C19H21ClN6O5.